The van der Waals surface area contributed by atoms with Gasteiger partial charge < -0.3 is 20.3 Å². The molecular weight excluding hydrogens is 692 g/mol. The van der Waals surface area contributed by atoms with Crippen LogP contribution in [-0.2, 0) is 26.7 Å². The van der Waals surface area contributed by atoms with Gasteiger partial charge in [0.05, 0.1) is 0 Å². The van der Waals surface area contributed by atoms with Crippen molar-refractivity contribution in [3.63, 3.8) is 0 Å². The number of carbonyl (C=O) groups excluding carboxylic acids is 2. The van der Waals surface area contributed by atoms with Crippen LogP contribution in [0.3, 0.4) is 0 Å². The van der Waals surface area contributed by atoms with Gasteiger partial charge in [-0.25, -0.2) is 30.8 Å². The molecule has 274 valence electrons. The number of halogens is 4. The number of piperazine rings is 1. The second-order valence-corrected chi connectivity index (χ2v) is 14.4. The number of nitrogens with zero attached hydrogens (tertiary/aromatic N) is 4. The number of benzene rings is 3. The largest absolute Gasteiger partial charge is 0.444 e. The van der Waals surface area contributed by atoms with Crippen molar-refractivity contribution in [2.45, 2.75) is 76.1 Å². The highest BCUT2D eigenvalue weighted by atomic mass is 32.2. The summed E-state index contributed by atoms with van der Waals surface area (Å²) in [4.78, 5) is 31.3. The van der Waals surface area contributed by atoms with Crippen molar-refractivity contribution in [3.05, 3.63) is 111 Å². The lowest BCUT2D eigenvalue weighted by Crippen LogP contribution is -2.59. The maximum absolute atomic E-state index is 15.4. The van der Waals surface area contributed by atoms with Gasteiger partial charge in [-0.1, -0.05) is 23.3 Å². The first-order valence-electron chi connectivity index (χ1n) is 16.3. The molecule has 0 spiro atoms. The Kier molecular flexibility index (Phi) is 13.4. The Morgan fingerprint density at radius 3 is 2.33 bits per heavy atom. The first kappa shape index (κ1) is 39.1. The first-order valence-corrected chi connectivity index (χ1v) is 17.7. The summed E-state index contributed by atoms with van der Waals surface area (Å²) in [6.07, 6.45) is 0.636. The number of hydrogen-bond donors (Lipinski definition) is 3. The van der Waals surface area contributed by atoms with Gasteiger partial charge in [-0.3, -0.25) is 4.79 Å². The molecule has 3 aromatic carbocycles. The molecule has 0 aromatic heterocycles. The lowest BCUT2D eigenvalue weighted by molar-refractivity contribution is -0.117. The highest BCUT2D eigenvalue weighted by Gasteiger charge is 2.35. The Morgan fingerprint density at radius 1 is 1.02 bits per heavy atom. The molecular formula is C35H40F4N6O5S. The van der Waals surface area contributed by atoms with Crippen LogP contribution < -0.4 is 10.6 Å². The smallest absolute Gasteiger partial charge is 0.410 e. The Morgan fingerprint density at radius 2 is 1.71 bits per heavy atom. The quantitative estimate of drug-likeness (QED) is 0.0593. The third kappa shape index (κ3) is 11.2. The van der Waals surface area contributed by atoms with Crippen LogP contribution in [0.1, 0.15) is 62.6 Å². The van der Waals surface area contributed by atoms with E-state index in [-0.39, 0.29) is 53.2 Å². The average molecular weight is 733 g/mol. The Labute approximate surface area is 294 Å². The zero-order chi connectivity index (χ0) is 37.3. The molecule has 3 aromatic rings. The summed E-state index contributed by atoms with van der Waals surface area (Å²) in [6.45, 7) is 5.75. The van der Waals surface area contributed by atoms with Gasteiger partial charge in [0.1, 0.15) is 45.6 Å². The van der Waals surface area contributed by atoms with E-state index in [0.29, 0.717) is 31.9 Å². The Hall–Kier alpha value is -4.66. The zero-order valence-corrected chi connectivity index (χ0v) is 29.2. The SMILES string of the molecule is CC(C)(C)OC(=O)N1CC(CCc2c(F)cccc2NC(=O)[C@@H](N=[N+]=[N-])[C@@H](c2ccc(F)cc2)c2cc(F)cc(F)c2)NCC1CCC[SH](=O)=O. The predicted octanol–water partition coefficient (Wildman–Crippen LogP) is 6.59. The number of thiol groups is 1. The number of hydrogen-bond acceptors (Lipinski definition) is 7. The van der Waals surface area contributed by atoms with Crippen molar-refractivity contribution in [2.75, 3.05) is 24.2 Å². The van der Waals surface area contributed by atoms with E-state index >= 15 is 4.39 Å². The molecule has 16 heteroatoms. The number of ether oxygens (including phenoxy) is 1. The van der Waals surface area contributed by atoms with Gasteiger partial charge in [0.25, 0.3) is 0 Å². The van der Waals surface area contributed by atoms with Gasteiger partial charge in [-0.15, -0.1) is 0 Å². The van der Waals surface area contributed by atoms with Crippen LogP contribution >= 0.6 is 0 Å². The summed E-state index contributed by atoms with van der Waals surface area (Å²) in [6, 6.07) is 9.13. The normalized spacial score (nSPS) is 17.4. The van der Waals surface area contributed by atoms with Gasteiger partial charge in [0.2, 0.25) is 5.91 Å². The van der Waals surface area contributed by atoms with E-state index in [4.69, 9.17) is 4.74 Å². The maximum atomic E-state index is 15.4. The highest BCUT2D eigenvalue weighted by Crippen LogP contribution is 2.33. The van der Waals surface area contributed by atoms with E-state index in [1.807, 2.05) is 0 Å². The maximum Gasteiger partial charge on any atom is 0.410 e. The van der Waals surface area contributed by atoms with Crippen molar-refractivity contribution < 1.29 is 40.3 Å². The molecule has 1 saturated heterocycles. The molecule has 0 saturated carbocycles. The number of anilines is 1. The van der Waals surface area contributed by atoms with Crippen LogP contribution in [0.4, 0.5) is 28.0 Å². The molecule has 2 amide bonds. The van der Waals surface area contributed by atoms with Gasteiger partial charge in [0, 0.05) is 59.1 Å². The summed E-state index contributed by atoms with van der Waals surface area (Å²) in [5.41, 5.74) is 9.01. The molecule has 4 rings (SSSR count). The number of carbonyl (C=O) groups is 2. The number of azide groups is 1. The number of rotatable bonds is 13. The van der Waals surface area contributed by atoms with Gasteiger partial charge in [-0.2, -0.15) is 0 Å². The van der Waals surface area contributed by atoms with E-state index < -0.39 is 63.5 Å². The van der Waals surface area contributed by atoms with Gasteiger partial charge in [-0.05, 0) is 99.5 Å². The van der Waals surface area contributed by atoms with Crippen molar-refractivity contribution >= 4 is 28.4 Å². The summed E-state index contributed by atoms with van der Waals surface area (Å²) in [7, 11) is -2.56. The summed E-state index contributed by atoms with van der Waals surface area (Å²) >= 11 is 0. The van der Waals surface area contributed by atoms with E-state index in [0.717, 1.165) is 24.3 Å². The lowest BCUT2D eigenvalue weighted by Gasteiger charge is -2.41. The van der Waals surface area contributed by atoms with Crippen LogP contribution in [0.25, 0.3) is 10.4 Å². The fraction of sp³-hybridized carbons (Fsp3) is 0.429. The molecule has 2 N–H and O–H groups in total. The molecule has 1 fully saturated rings. The highest BCUT2D eigenvalue weighted by molar-refractivity contribution is 7.72. The summed E-state index contributed by atoms with van der Waals surface area (Å²) < 4.78 is 85.7. The predicted molar refractivity (Wildman–Crippen MR) is 184 cm³/mol. The minimum absolute atomic E-state index is 0.0104. The Bertz CT molecular complexity index is 1800. The fourth-order valence-electron chi connectivity index (χ4n) is 6.08. The average Bonchev–Trinajstić information content (AvgIpc) is 3.04. The molecule has 0 bridgehead atoms. The molecule has 51 heavy (non-hydrogen) atoms. The van der Waals surface area contributed by atoms with Crippen molar-refractivity contribution in [2.24, 2.45) is 5.11 Å². The van der Waals surface area contributed by atoms with Gasteiger partial charge in [0.15, 0.2) is 0 Å². The molecule has 0 aliphatic carbocycles. The molecule has 11 nitrogen and oxygen atoms in total. The van der Waals surface area contributed by atoms with E-state index in [2.05, 4.69) is 20.7 Å². The van der Waals surface area contributed by atoms with Crippen molar-refractivity contribution in [3.8, 4) is 0 Å². The van der Waals surface area contributed by atoms with E-state index in [1.165, 1.54) is 30.3 Å². The molecule has 1 aliphatic heterocycles. The topological polar surface area (TPSA) is 154 Å². The molecule has 4 atom stereocenters. The van der Waals surface area contributed by atoms with Crippen molar-refractivity contribution in [1.82, 2.24) is 10.2 Å². The van der Waals surface area contributed by atoms with Crippen LogP contribution in [0.5, 0.6) is 0 Å². The van der Waals surface area contributed by atoms with Crippen LogP contribution in [0.2, 0.25) is 0 Å². The van der Waals surface area contributed by atoms with E-state index in [9.17, 15) is 36.7 Å². The van der Waals surface area contributed by atoms with Crippen LogP contribution in [0, 0.1) is 23.3 Å². The second-order valence-electron chi connectivity index (χ2n) is 13.3. The number of amides is 2. The second kappa shape index (κ2) is 17.5. The minimum atomic E-state index is -2.56. The summed E-state index contributed by atoms with van der Waals surface area (Å²) in [5.74, 6) is -5.31. The first-order chi connectivity index (χ1) is 24.1. The Balaban J connectivity index is 1.57. The lowest BCUT2D eigenvalue weighted by atomic mass is 9.84. The van der Waals surface area contributed by atoms with E-state index in [1.54, 1.807) is 25.7 Å². The molecule has 1 aliphatic rings. The monoisotopic (exact) mass is 732 g/mol. The number of nitrogens with one attached hydrogen (secondary N) is 2. The van der Waals surface area contributed by atoms with Crippen molar-refractivity contribution in [1.29, 1.82) is 0 Å². The molecule has 2 unspecified atom stereocenters. The molecule has 0 radical (unpaired) electrons. The van der Waals surface area contributed by atoms with Crippen LogP contribution in [-0.4, -0.2) is 67.9 Å². The standard InChI is InChI=1S/C35H40F4N6O5S/c1-35(2,3)50-34(47)45-20-26(41-19-27(45)6-5-15-51(48)49)13-14-28-29(39)7-4-8-30(28)42-33(46)32(43-44-40)31(21-9-11-23(36)12-10-21)22-16-24(37)18-25(38)17-22/h4,7-12,16-18,26-27,31-32,41,51H,5-6,13-15,19-20H2,1-3H3,(H,42,46)/t26?,27?,31-,32-/m0/s1. The summed E-state index contributed by atoms with van der Waals surface area (Å²) in [5, 5.41) is 9.63. The van der Waals surface area contributed by atoms with Crippen LogP contribution in [0.15, 0.2) is 65.8 Å². The third-order valence-electron chi connectivity index (χ3n) is 8.36. The fourth-order valence-corrected chi connectivity index (χ4v) is 6.52. The third-order valence-corrected chi connectivity index (χ3v) is 9.04. The minimum Gasteiger partial charge on any atom is -0.444 e. The molecule has 1 heterocycles. The zero-order valence-electron chi connectivity index (χ0n) is 28.3. The van der Waals surface area contributed by atoms with Gasteiger partial charge >= 0.3 is 6.09 Å².